The molecule has 68 valence electrons. The third kappa shape index (κ3) is 2.75. The zero-order valence-corrected chi connectivity index (χ0v) is 7.20. The van der Waals surface area contributed by atoms with Gasteiger partial charge >= 0.3 is 0 Å². The minimum atomic E-state index is -2.30. The summed E-state index contributed by atoms with van der Waals surface area (Å²) >= 11 is 1.47. The van der Waals surface area contributed by atoms with Gasteiger partial charge in [0.05, 0.1) is 6.54 Å². The number of alkyl halides is 2. The lowest BCUT2D eigenvalue weighted by atomic mass is 10.4. The van der Waals surface area contributed by atoms with Crippen molar-refractivity contribution in [2.75, 3.05) is 12.3 Å². The molecule has 0 unspecified atom stereocenters. The van der Waals surface area contributed by atoms with Gasteiger partial charge in [-0.3, -0.25) is 0 Å². The quantitative estimate of drug-likeness (QED) is 0.761. The Kier molecular flexibility index (Phi) is 3.43. The fourth-order valence-electron chi connectivity index (χ4n) is 0.789. The Morgan fingerprint density at radius 2 is 2.33 bits per heavy atom. The van der Waals surface area contributed by atoms with Gasteiger partial charge < -0.3 is 11.1 Å². The first-order valence-electron chi connectivity index (χ1n) is 3.51. The van der Waals surface area contributed by atoms with E-state index in [4.69, 9.17) is 5.73 Å². The number of hydrogen-bond donors (Lipinski definition) is 2. The minimum absolute atomic E-state index is 0.280. The number of rotatable bonds is 4. The maximum atomic E-state index is 11.7. The Bertz CT molecular complexity index is 237. The summed E-state index contributed by atoms with van der Waals surface area (Å²) in [5.41, 5.74) is 6.21. The first-order chi connectivity index (χ1) is 5.70. The highest BCUT2D eigenvalue weighted by molar-refractivity contribution is 7.10. The molecule has 5 heteroatoms. The van der Waals surface area contributed by atoms with Gasteiger partial charge in [-0.2, -0.15) is 0 Å². The molecule has 0 saturated carbocycles. The fraction of sp³-hybridized carbons (Fsp3) is 0.429. The van der Waals surface area contributed by atoms with Crippen LogP contribution in [-0.4, -0.2) is 13.0 Å². The third-order valence-electron chi connectivity index (χ3n) is 1.36. The van der Waals surface area contributed by atoms with Gasteiger partial charge in [0.25, 0.3) is 6.43 Å². The number of nitrogens with two attached hydrogens (primary N) is 1. The average Bonchev–Trinajstić information content (AvgIpc) is 2.36. The smallest absolute Gasteiger partial charge is 0.250 e. The van der Waals surface area contributed by atoms with E-state index in [0.29, 0.717) is 12.2 Å². The second-order valence-corrected chi connectivity index (χ2v) is 3.32. The lowest BCUT2D eigenvalue weighted by Crippen LogP contribution is -2.20. The maximum Gasteiger partial charge on any atom is 0.250 e. The predicted octanol–water partition coefficient (Wildman–Crippen LogP) is 1.69. The van der Waals surface area contributed by atoms with E-state index in [1.165, 1.54) is 11.3 Å². The molecule has 1 aromatic heterocycles. The van der Waals surface area contributed by atoms with Crippen LogP contribution in [0.15, 0.2) is 11.4 Å². The molecule has 0 aliphatic rings. The van der Waals surface area contributed by atoms with Gasteiger partial charge in [0.2, 0.25) is 0 Å². The molecule has 0 bridgehead atoms. The van der Waals surface area contributed by atoms with E-state index in [2.05, 4.69) is 5.32 Å². The molecule has 12 heavy (non-hydrogen) atoms. The van der Waals surface area contributed by atoms with Crippen LogP contribution in [0, 0.1) is 0 Å². The molecule has 0 aliphatic heterocycles. The van der Waals surface area contributed by atoms with Gasteiger partial charge in [-0.05, 0) is 11.4 Å². The van der Waals surface area contributed by atoms with Crippen molar-refractivity contribution in [3.63, 3.8) is 0 Å². The molecular weight excluding hydrogens is 182 g/mol. The molecule has 0 fully saturated rings. The summed E-state index contributed by atoms with van der Waals surface area (Å²) in [5.74, 6) is 0. The van der Waals surface area contributed by atoms with Crippen LogP contribution in [0.25, 0.3) is 0 Å². The molecule has 0 aliphatic carbocycles. The second kappa shape index (κ2) is 4.37. The van der Waals surface area contributed by atoms with Crippen LogP contribution in [-0.2, 0) is 6.54 Å². The van der Waals surface area contributed by atoms with Crippen molar-refractivity contribution >= 4 is 17.0 Å². The van der Waals surface area contributed by atoms with Crippen molar-refractivity contribution < 1.29 is 8.78 Å². The van der Waals surface area contributed by atoms with Crippen molar-refractivity contribution in [1.29, 1.82) is 0 Å². The molecule has 0 saturated heterocycles. The van der Waals surface area contributed by atoms with Gasteiger partial charge in [0.1, 0.15) is 0 Å². The van der Waals surface area contributed by atoms with Gasteiger partial charge in [-0.25, -0.2) is 8.78 Å². The summed E-state index contributed by atoms with van der Waals surface area (Å²) in [6.07, 6.45) is -2.30. The minimum Gasteiger partial charge on any atom is -0.398 e. The molecule has 0 radical (unpaired) electrons. The Morgan fingerprint density at radius 3 is 2.83 bits per heavy atom. The molecule has 0 atom stereocenters. The monoisotopic (exact) mass is 192 g/mol. The highest BCUT2D eigenvalue weighted by atomic mass is 32.1. The van der Waals surface area contributed by atoms with Crippen molar-refractivity contribution in [2.45, 2.75) is 13.0 Å². The van der Waals surface area contributed by atoms with Crippen molar-refractivity contribution in [3.05, 3.63) is 16.3 Å². The van der Waals surface area contributed by atoms with Gasteiger partial charge in [-0.15, -0.1) is 11.3 Å². The molecule has 0 aromatic carbocycles. The van der Waals surface area contributed by atoms with E-state index in [1.54, 1.807) is 6.07 Å². The van der Waals surface area contributed by atoms with Gasteiger partial charge in [-0.1, -0.05) is 0 Å². The van der Waals surface area contributed by atoms with E-state index >= 15 is 0 Å². The number of thiophene rings is 1. The summed E-state index contributed by atoms with van der Waals surface area (Å²) in [5, 5.41) is 4.45. The topological polar surface area (TPSA) is 38.0 Å². The van der Waals surface area contributed by atoms with Crippen LogP contribution in [0.3, 0.4) is 0 Å². The van der Waals surface area contributed by atoms with Crippen LogP contribution in [0.2, 0.25) is 0 Å². The van der Waals surface area contributed by atoms with Crippen molar-refractivity contribution in [2.24, 2.45) is 0 Å². The Labute approximate surface area is 73.4 Å². The molecular formula is C7H10F2N2S. The highest BCUT2D eigenvalue weighted by Gasteiger charge is 2.03. The first-order valence-corrected chi connectivity index (χ1v) is 4.39. The average molecular weight is 192 g/mol. The molecule has 3 N–H and O–H groups in total. The Balaban J connectivity index is 2.29. The Morgan fingerprint density at radius 1 is 1.58 bits per heavy atom. The van der Waals surface area contributed by atoms with Crippen LogP contribution >= 0.6 is 11.3 Å². The SMILES string of the molecule is Nc1ccsc1CNCC(F)F. The fourth-order valence-corrected chi connectivity index (χ4v) is 1.56. The summed E-state index contributed by atoms with van der Waals surface area (Å²) in [6, 6.07) is 1.77. The van der Waals surface area contributed by atoms with E-state index in [0.717, 1.165) is 4.88 Å². The zero-order valence-electron chi connectivity index (χ0n) is 6.39. The summed E-state index contributed by atoms with van der Waals surface area (Å²) in [7, 11) is 0. The van der Waals surface area contributed by atoms with Crippen molar-refractivity contribution in [1.82, 2.24) is 5.32 Å². The summed E-state index contributed by atoms with van der Waals surface area (Å²) in [4.78, 5) is 0.913. The summed E-state index contributed by atoms with van der Waals surface area (Å²) in [6.45, 7) is 0.144. The molecule has 0 spiro atoms. The maximum absolute atomic E-state index is 11.7. The number of nitrogens with one attached hydrogen (secondary N) is 1. The van der Waals surface area contributed by atoms with Crippen molar-refractivity contribution in [3.8, 4) is 0 Å². The standard InChI is InChI=1S/C7H10F2N2S/c8-7(9)4-11-3-6-5(10)1-2-12-6/h1-2,7,11H,3-4,10H2. The Hall–Kier alpha value is -0.680. The second-order valence-electron chi connectivity index (χ2n) is 2.32. The van der Waals surface area contributed by atoms with Crippen LogP contribution < -0.4 is 11.1 Å². The lowest BCUT2D eigenvalue weighted by molar-refractivity contribution is 0.145. The van der Waals surface area contributed by atoms with E-state index in [9.17, 15) is 8.78 Å². The molecule has 0 amide bonds. The van der Waals surface area contributed by atoms with E-state index in [-0.39, 0.29) is 6.54 Å². The largest absolute Gasteiger partial charge is 0.398 e. The molecule has 1 heterocycles. The first kappa shape index (κ1) is 9.41. The lowest BCUT2D eigenvalue weighted by Gasteiger charge is -2.02. The number of anilines is 1. The molecule has 1 aromatic rings. The van der Waals surface area contributed by atoms with Crippen LogP contribution in [0.5, 0.6) is 0 Å². The normalized spacial score (nSPS) is 10.9. The number of nitrogen functional groups attached to an aromatic ring is 1. The molecule has 2 nitrogen and oxygen atoms in total. The van der Waals surface area contributed by atoms with Crippen LogP contribution in [0.1, 0.15) is 4.88 Å². The van der Waals surface area contributed by atoms with Gasteiger partial charge in [0, 0.05) is 17.1 Å². The molecule has 1 rings (SSSR count). The van der Waals surface area contributed by atoms with Crippen LogP contribution in [0.4, 0.5) is 14.5 Å². The predicted molar refractivity (Wildman–Crippen MR) is 46.4 cm³/mol. The summed E-state index contributed by atoms with van der Waals surface area (Å²) < 4.78 is 23.3. The van der Waals surface area contributed by atoms with Gasteiger partial charge in [0.15, 0.2) is 0 Å². The zero-order chi connectivity index (χ0) is 8.97. The van der Waals surface area contributed by atoms with E-state index in [1.807, 2.05) is 5.38 Å². The number of hydrogen-bond acceptors (Lipinski definition) is 3. The number of halogens is 2. The third-order valence-corrected chi connectivity index (χ3v) is 2.30. The highest BCUT2D eigenvalue weighted by Crippen LogP contribution is 2.17. The van der Waals surface area contributed by atoms with E-state index < -0.39 is 6.43 Å².